The SMILES string of the molecule is CC1(C)COCCN1C(=O)NCc1cccc(C(=O)O)c1. The van der Waals surface area contributed by atoms with E-state index in [0.717, 1.165) is 5.56 Å². The first-order valence-corrected chi connectivity index (χ1v) is 6.85. The van der Waals surface area contributed by atoms with E-state index in [2.05, 4.69) is 5.32 Å². The van der Waals surface area contributed by atoms with Gasteiger partial charge < -0.3 is 20.1 Å². The fourth-order valence-electron chi connectivity index (χ4n) is 2.32. The van der Waals surface area contributed by atoms with E-state index >= 15 is 0 Å². The number of carbonyl (C=O) groups excluding carboxylic acids is 1. The molecule has 1 aliphatic rings. The number of urea groups is 1. The molecule has 114 valence electrons. The number of carboxylic acids is 1. The molecule has 2 amide bonds. The van der Waals surface area contributed by atoms with Crippen molar-refractivity contribution in [2.24, 2.45) is 0 Å². The summed E-state index contributed by atoms with van der Waals surface area (Å²) in [6, 6.07) is 6.39. The molecule has 2 N–H and O–H groups in total. The lowest BCUT2D eigenvalue weighted by Gasteiger charge is -2.41. The van der Waals surface area contributed by atoms with E-state index in [0.29, 0.717) is 26.3 Å². The van der Waals surface area contributed by atoms with Gasteiger partial charge in [-0.3, -0.25) is 0 Å². The van der Waals surface area contributed by atoms with Crippen molar-refractivity contribution in [3.63, 3.8) is 0 Å². The van der Waals surface area contributed by atoms with Gasteiger partial charge in [0.15, 0.2) is 0 Å². The molecule has 0 saturated carbocycles. The molecule has 21 heavy (non-hydrogen) atoms. The van der Waals surface area contributed by atoms with Crippen molar-refractivity contribution >= 4 is 12.0 Å². The average molecular weight is 292 g/mol. The molecule has 6 nitrogen and oxygen atoms in total. The quantitative estimate of drug-likeness (QED) is 0.889. The van der Waals surface area contributed by atoms with Gasteiger partial charge >= 0.3 is 12.0 Å². The average Bonchev–Trinajstić information content (AvgIpc) is 2.44. The van der Waals surface area contributed by atoms with Crippen LogP contribution in [0.3, 0.4) is 0 Å². The molecule has 2 rings (SSSR count). The van der Waals surface area contributed by atoms with Crippen molar-refractivity contribution in [3.8, 4) is 0 Å². The molecule has 1 heterocycles. The number of amides is 2. The van der Waals surface area contributed by atoms with Crippen molar-refractivity contribution in [1.82, 2.24) is 10.2 Å². The van der Waals surface area contributed by atoms with E-state index in [1.165, 1.54) is 6.07 Å². The number of morpholine rings is 1. The van der Waals surface area contributed by atoms with Gasteiger partial charge in [0.2, 0.25) is 0 Å². The van der Waals surface area contributed by atoms with Crippen LogP contribution in [0.15, 0.2) is 24.3 Å². The smallest absolute Gasteiger partial charge is 0.335 e. The first kappa shape index (κ1) is 15.3. The lowest BCUT2D eigenvalue weighted by molar-refractivity contribution is -0.0278. The summed E-state index contributed by atoms with van der Waals surface area (Å²) in [4.78, 5) is 24.9. The minimum Gasteiger partial charge on any atom is -0.478 e. The zero-order valence-electron chi connectivity index (χ0n) is 12.3. The first-order chi connectivity index (χ1) is 9.90. The molecule has 0 unspecified atom stereocenters. The minimum absolute atomic E-state index is 0.163. The Morgan fingerprint density at radius 1 is 1.43 bits per heavy atom. The summed E-state index contributed by atoms with van der Waals surface area (Å²) in [5, 5.41) is 11.8. The van der Waals surface area contributed by atoms with Gasteiger partial charge in [-0.05, 0) is 31.5 Å². The molecule has 0 aromatic heterocycles. The van der Waals surface area contributed by atoms with Crippen LogP contribution < -0.4 is 5.32 Å². The van der Waals surface area contributed by atoms with Crippen LogP contribution in [0, 0.1) is 0 Å². The standard InChI is InChI=1S/C15H20N2O4/c1-15(2)10-21-7-6-17(15)14(20)16-9-11-4-3-5-12(8-11)13(18)19/h3-5,8H,6-7,9-10H2,1-2H3,(H,16,20)(H,18,19). The molecule has 0 atom stereocenters. The van der Waals surface area contributed by atoms with Crippen molar-refractivity contribution in [2.45, 2.75) is 25.9 Å². The van der Waals surface area contributed by atoms with E-state index in [1.807, 2.05) is 13.8 Å². The maximum atomic E-state index is 12.2. The molecule has 1 aromatic rings. The number of carboxylic acid groups (broad SMARTS) is 1. The fraction of sp³-hybridized carbons (Fsp3) is 0.467. The topological polar surface area (TPSA) is 78.9 Å². The third-order valence-electron chi connectivity index (χ3n) is 3.51. The van der Waals surface area contributed by atoms with Crippen LogP contribution in [-0.2, 0) is 11.3 Å². The van der Waals surface area contributed by atoms with Gasteiger partial charge in [-0.2, -0.15) is 0 Å². The van der Waals surface area contributed by atoms with E-state index in [-0.39, 0.29) is 17.1 Å². The van der Waals surface area contributed by atoms with Crippen molar-refractivity contribution in [3.05, 3.63) is 35.4 Å². The number of carbonyl (C=O) groups is 2. The maximum absolute atomic E-state index is 12.2. The van der Waals surface area contributed by atoms with Gasteiger partial charge in [0.25, 0.3) is 0 Å². The van der Waals surface area contributed by atoms with E-state index in [4.69, 9.17) is 9.84 Å². The van der Waals surface area contributed by atoms with Gasteiger partial charge in [-0.25, -0.2) is 9.59 Å². The molecule has 1 aliphatic heterocycles. The molecular weight excluding hydrogens is 272 g/mol. The molecular formula is C15H20N2O4. The van der Waals surface area contributed by atoms with Crippen molar-refractivity contribution in [2.75, 3.05) is 19.8 Å². The molecule has 0 radical (unpaired) electrons. The number of nitrogens with one attached hydrogen (secondary N) is 1. The Morgan fingerprint density at radius 2 is 2.19 bits per heavy atom. The highest BCUT2D eigenvalue weighted by Gasteiger charge is 2.33. The minimum atomic E-state index is -0.975. The van der Waals surface area contributed by atoms with Crippen LogP contribution in [0.2, 0.25) is 0 Å². The lowest BCUT2D eigenvalue weighted by atomic mass is 10.0. The summed E-state index contributed by atoms with van der Waals surface area (Å²) in [5.41, 5.74) is 0.633. The molecule has 0 bridgehead atoms. The molecule has 0 spiro atoms. The number of rotatable bonds is 3. The van der Waals surface area contributed by atoms with Crippen molar-refractivity contribution < 1.29 is 19.4 Å². The van der Waals surface area contributed by atoms with Crippen LogP contribution in [0.4, 0.5) is 4.79 Å². The second kappa shape index (κ2) is 6.13. The first-order valence-electron chi connectivity index (χ1n) is 6.85. The second-order valence-electron chi connectivity index (χ2n) is 5.68. The molecule has 0 aliphatic carbocycles. The maximum Gasteiger partial charge on any atom is 0.335 e. The molecule has 1 aromatic carbocycles. The Hall–Kier alpha value is -2.08. The zero-order chi connectivity index (χ0) is 15.5. The predicted octanol–water partition coefficient (Wildman–Crippen LogP) is 1.71. The molecule has 6 heteroatoms. The van der Waals surface area contributed by atoms with E-state index in [9.17, 15) is 9.59 Å². The van der Waals surface area contributed by atoms with Gasteiger partial charge in [0.1, 0.15) is 0 Å². The van der Waals surface area contributed by atoms with Crippen LogP contribution in [-0.4, -0.2) is 47.3 Å². The van der Waals surface area contributed by atoms with Crippen LogP contribution in [0.5, 0.6) is 0 Å². The monoisotopic (exact) mass is 292 g/mol. The summed E-state index contributed by atoms with van der Waals surface area (Å²) >= 11 is 0. The van der Waals surface area contributed by atoms with E-state index in [1.54, 1.807) is 23.1 Å². The highest BCUT2D eigenvalue weighted by molar-refractivity contribution is 5.87. The summed E-state index contributed by atoms with van der Waals surface area (Å²) in [5.74, 6) is -0.975. The molecule has 1 fully saturated rings. The lowest BCUT2D eigenvalue weighted by Crippen LogP contribution is -2.58. The third-order valence-corrected chi connectivity index (χ3v) is 3.51. The van der Waals surface area contributed by atoms with Crippen LogP contribution in [0.25, 0.3) is 0 Å². The Balaban J connectivity index is 1.97. The largest absolute Gasteiger partial charge is 0.478 e. The predicted molar refractivity (Wildman–Crippen MR) is 77.2 cm³/mol. The summed E-state index contributed by atoms with van der Waals surface area (Å²) < 4.78 is 5.38. The normalized spacial score (nSPS) is 17.3. The van der Waals surface area contributed by atoms with Crippen LogP contribution in [0.1, 0.15) is 29.8 Å². The Morgan fingerprint density at radius 3 is 2.86 bits per heavy atom. The third kappa shape index (κ3) is 3.72. The summed E-state index contributed by atoms with van der Waals surface area (Å²) in [6.45, 7) is 5.80. The number of benzene rings is 1. The number of hydrogen-bond donors (Lipinski definition) is 2. The Bertz CT molecular complexity index is 542. The number of ether oxygens (including phenoxy) is 1. The van der Waals surface area contributed by atoms with Gasteiger partial charge in [0, 0.05) is 13.1 Å². The number of hydrogen-bond acceptors (Lipinski definition) is 3. The fourth-order valence-corrected chi connectivity index (χ4v) is 2.32. The number of nitrogens with zero attached hydrogens (tertiary/aromatic N) is 1. The highest BCUT2D eigenvalue weighted by atomic mass is 16.5. The summed E-state index contributed by atoms with van der Waals surface area (Å²) in [7, 11) is 0. The second-order valence-corrected chi connectivity index (χ2v) is 5.68. The van der Waals surface area contributed by atoms with E-state index < -0.39 is 5.97 Å². The van der Waals surface area contributed by atoms with Crippen molar-refractivity contribution in [1.29, 1.82) is 0 Å². The Kier molecular flexibility index (Phi) is 4.47. The van der Waals surface area contributed by atoms with Crippen LogP contribution >= 0.6 is 0 Å². The van der Waals surface area contributed by atoms with Gasteiger partial charge in [-0.15, -0.1) is 0 Å². The molecule has 1 saturated heterocycles. The van der Waals surface area contributed by atoms with Gasteiger partial charge in [-0.1, -0.05) is 12.1 Å². The highest BCUT2D eigenvalue weighted by Crippen LogP contribution is 2.19. The number of aromatic carboxylic acids is 1. The van der Waals surface area contributed by atoms with Gasteiger partial charge in [0.05, 0.1) is 24.3 Å². The Labute approximate surface area is 123 Å². The summed E-state index contributed by atoms with van der Waals surface area (Å²) in [6.07, 6.45) is 0. The zero-order valence-corrected chi connectivity index (χ0v) is 12.3.